The molecule has 0 bridgehead atoms. The summed E-state index contributed by atoms with van der Waals surface area (Å²) < 4.78 is 0. The van der Waals surface area contributed by atoms with Crippen molar-refractivity contribution in [2.75, 3.05) is 26.2 Å². The zero-order chi connectivity index (χ0) is 16.2. The third-order valence-electron chi connectivity index (χ3n) is 4.66. The molecule has 0 spiro atoms. The highest BCUT2D eigenvalue weighted by Crippen LogP contribution is 2.33. The molecule has 1 aliphatic heterocycles. The second-order valence-corrected chi connectivity index (χ2v) is 7.17. The fourth-order valence-corrected chi connectivity index (χ4v) is 4.32. The summed E-state index contributed by atoms with van der Waals surface area (Å²) in [6, 6.07) is 24.5. The van der Waals surface area contributed by atoms with E-state index in [0.717, 1.165) is 26.2 Å². The Kier molecular flexibility index (Phi) is 4.74. The number of benzene rings is 2. The molecule has 3 aromatic rings. The van der Waals surface area contributed by atoms with Gasteiger partial charge >= 0.3 is 0 Å². The number of piperazine rings is 1. The van der Waals surface area contributed by atoms with Gasteiger partial charge in [0, 0.05) is 31.1 Å². The van der Waals surface area contributed by atoms with E-state index in [9.17, 15) is 0 Å². The Balaban J connectivity index is 1.65. The van der Waals surface area contributed by atoms with Crippen molar-refractivity contribution < 1.29 is 0 Å². The van der Waals surface area contributed by atoms with Gasteiger partial charge in [-0.3, -0.25) is 4.90 Å². The second kappa shape index (κ2) is 7.31. The zero-order valence-electron chi connectivity index (χ0n) is 13.7. The zero-order valence-corrected chi connectivity index (χ0v) is 14.5. The number of hydrogen-bond acceptors (Lipinski definition) is 3. The van der Waals surface area contributed by atoms with Crippen molar-refractivity contribution in [2.24, 2.45) is 0 Å². The van der Waals surface area contributed by atoms with Crippen LogP contribution in [-0.2, 0) is 0 Å². The Morgan fingerprint density at radius 2 is 1.50 bits per heavy atom. The number of rotatable bonds is 4. The SMILES string of the molecule is c1ccc(-c2ccc([C@@H](c3cccs3)N3CCNCC3)cc2)cc1. The van der Waals surface area contributed by atoms with Gasteiger partial charge in [0.15, 0.2) is 0 Å². The van der Waals surface area contributed by atoms with Crippen LogP contribution in [0.2, 0.25) is 0 Å². The standard InChI is InChI=1S/C21H22N2S/c1-2-5-17(6-3-1)18-8-10-19(11-9-18)21(20-7-4-16-24-20)23-14-12-22-13-15-23/h1-11,16,21-22H,12-15H2/t21-/m0/s1. The van der Waals surface area contributed by atoms with Gasteiger partial charge in [-0.2, -0.15) is 0 Å². The van der Waals surface area contributed by atoms with Crippen molar-refractivity contribution in [3.8, 4) is 11.1 Å². The van der Waals surface area contributed by atoms with Crippen LogP contribution in [-0.4, -0.2) is 31.1 Å². The molecular formula is C21H22N2S. The van der Waals surface area contributed by atoms with Crippen molar-refractivity contribution in [3.05, 3.63) is 82.6 Å². The van der Waals surface area contributed by atoms with Crippen LogP contribution in [0.25, 0.3) is 11.1 Å². The number of nitrogens with one attached hydrogen (secondary N) is 1. The van der Waals surface area contributed by atoms with E-state index >= 15 is 0 Å². The normalized spacial score (nSPS) is 16.8. The molecule has 1 aliphatic rings. The average Bonchev–Trinajstić information content (AvgIpc) is 3.18. The number of hydrogen-bond donors (Lipinski definition) is 1. The lowest BCUT2D eigenvalue weighted by molar-refractivity contribution is 0.200. The highest BCUT2D eigenvalue weighted by molar-refractivity contribution is 7.10. The third-order valence-corrected chi connectivity index (χ3v) is 5.59. The van der Waals surface area contributed by atoms with Gasteiger partial charge in [-0.25, -0.2) is 0 Å². The molecule has 1 fully saturated rings. The van der Waals surface area contributed by atoms with Gasteiger partial charge in [-0.05, 0) is 28.1 Å². The van der Waals surface area contributed by atoms with Crippen LogP contribution in [0.15, 0.2) is 72.1 Å². The summed E-state index contributed by atoms with van der Waals surface area (Å²) in [6.45, 7) is 4.35. The Hall–Kier alpha value is -1.94. The van der Waals surface area contributed by atoms with Crippen molar-refractivity contribution >= 4 is 11.3 Å². The molecule has 4 rings (SSSR count). The molecule has 3 heteroatoms. The monoisotopic (exact) mass is 334 g/mol. The van der Waals surface area contributed by atoms with Gasteiger partial charge in [-0.15, -0.1) is 11.3 Å². The fourth-order valence-electron chi connectivity index (χ4n) is 3.43. The Bertz CT molecular complexity index is 744. The maximum absolute atomic E-state index is 3.46. The molecule has 122 valence electrons. The van der Waals surface area contributed by atoms with Crippen molar-refractivity contribution in [1.82, 2.24) is 10.2 Å². The van der Waals surface area contributed by atoms with E-state index in [4.69, 9.17) is 0 Å². The fraction of sp³-hybridized carbons (Fsp3) is 0.238. The van der Waals surface area contributed by atoms with Crippen LogP contribution < -0.4 is 5.32 Å². The summed E-state index contributed by atoms with van der Waals surface area (Å²) in [4.78, 5) is 4.03. The summed E-state index contributed by atoms with van der Waals surface area (Å²) in [6.07, 6.45) is 0. The molecule has 2 nitrogen and oxygen atoms in total. The van der Waals surface area contributed by atoms with E-state index in [2.05, 4.69) is 82.3 Å². The predicted molar refractivity (Wildman–Crippen MR) is 102 cm³/mol. The van der Waals surface area contributed by atoms with E-state index in [1.807, 2.05) is 11.3 Å². The molecule has 1 atom stereocenters. The van der Waals surface area contributed by atoms with Gasteiger partial charge in [-0.1, -0.05) is 60.7 Å². The minimum atomic E-state index is 0.372. The van der Waals surface area contributed by atoms with Gasteiger partial charge in [0.25, 0.3) is 0 Å². The Morgan fingerprint density at radius 1 is 0.792 bits per heavy atom. The molecule has 0 aliphatic carbocycles. The molecule has 0 saturated carbocycles. The lowest BCUT2D eigenvalue weighted by Gasteiger charge is -2.34. The Morgan fingerprint density at radius 3 is 2.17 bits per heavy atom. The summed E-state index contributed by atoms with van der Waals surface area (Å²) in [5, 5.41) is 5.64. The van der Waals surface area contributed by atoms with Crippen LogP contribution in [0.5, 0.6) is 0 Å². The van der Waals surface area contributed by atoms with Gasteiger partial charge in [0.05, 0.1) is 6.04 Å². The van der Waals surface area contributed by atoms with E-state index in [1.165, 1.54) is 21.6 Å². The third kappa shape index (κ3) is 3.29. The van der Waals surface area contributed by atoms with E-state index < -0.39 is 0 Å². The molecule has 1 aromatic heterocycles. The van der Waals surface area contributed by atoms with Crippen LogP contribution >= 0.6 is 11.3 Å². The highest BCUT2D eigenvalue weighted by atomic mass is 32.1. The summed E-state index contributed by atoms with van der Waals surface area (Å²) in [5.74, 6) is 0. The first-order valence-electron chi connectivity index (χ1n) is 8.55. The van der Waals surface area contributed by atoms with E-state index in [0.29, 0.717) is 6.04 Å². The van der Waals surface area contributed by atoms with Crippen LogP contribution in [0.4, 0.5) is 0 Å². The smallest absolute Gasteiger partial charge is 0.0696 e. The molecule has 0 amide bonds. The van der Waals surface area contributed by atoms with E-state index in [1.54, 1.807) is 0 Å². The van der Waals surface area contributed by atoms with Gasteiger partial charge in [0.1, 0.15) is 0 Å². The molecule has 1 N–H and O–H groups in total. The second-order valence-electron chi connectivity index (χ2n) is 6.19. The largest absolute Gasteiger partial charge is 0.314 e. The first kappa shape index (κ1) is 15.6. The molecule has 2 aromatic carbocycles. The molecule has 24 heavy (non-hydrogen) atoms. The minimum Gasteiger partial charge on any atom is -0.314 e. The van der Waals surface area contributed by atoms with E-state index in [-0.39, 0.29) is 0 Å². The maximum Gasteiger partial charge on any atom is 0.0696 e. The van der Waals surface area contributed by atoms with Gasteiger partial charge in [0.2, 0.25) is 0 Å². The van der Waals surface area contributed by atoms with Crippen LogP contribution in [0.1, 0.15) is 16.5 Å². The number of thiophene rings is 1. The lowest BCUT2D eigenvalue weighted by Crippen LogP contribution is -2.45. The maximum atomic E-state index is 3.46. The topological polar surface area (TPSA) is 15.3 Å². The lowest BCUT2D eigenvalue weighted by atomic mass is 9.98. The van der Waals surface area contributed by atoms with Crippen LogP contribution in [0, 0.1) is 0 Å². The van der Waals surface area contributed by atoms with Crippen molar-refractivity contribution in [3.63, 3.8) is 0 Å². The summed E-state index contributed by atoms with van der Waals surface area (Å²) >= 11 is 1.86. The molecule has 2 heterocycles. The predicted octanol–water partition coefficient (Wildman–Crippen LogP) is 4.41. The first-order valence-corrected chi connectivity index (χ1v) is 9.43. The Labute approximate surface area is 147 Å². The molecule has 1 saturated heterocycles. The van der Waals surface area contributed by atoms with Crippen molar-refractivity contribution in [2.45, 2.75) is 6.04 Å². The highest BCUT2D eigenvalue weighted by Gasteiger charge is 2.24. The van der Waals surface area contributed by atoms with Crippen molar-refractivity contribution in [1.29, 1.82) is 0 Å². The molecular weight excluding hydrogens is 312 g/mol. The summed E-state index contributed by atoms with van der Waals surface area (Å²) in [7, 11) is 0. The molecule has 0 unspecified atom stereocenters. The quantitative estimate of drug-likeness (QED) is 0.760. The summed E-state index contributed by atoms with van der Waals surface area (Å²) in [5.41, 5.74) is 3.95. The van der Waals surface area contributed by atoms with Crippen LogP contribution in [0.3, 0.4) is 0 Å². The average molecular weight is 334 g/mol. The minimum absolute atomic E-state index is 0.372. The molecule has 0 radical (unpaired) electrons. The van der Waals surface area contributed by atoms with Gasteiger partial charge < -0.3 is 5.32 Å². The first-order chi connectivity index (χ1) is 11.9. The number of nitrogens with zero attached hydrogens (tertiary/aromatic N) is 1.